The molecule has 4 heteroatoms. The fraction of sp³-hybridized carbons (Fsp3) is 0.889. The molecule has 0 radical (unpaired) electrons. The summed E-state index contributed by atoms with van der Waals surface area (Å²) in [6.07, 6.45) is 4.86. The lowest BCUT2D eigenvalue weighted by atomic mass is 9.85. The zero-order valence-electron chi connectivity index (χ0n) is 8.32. The van der Waals surface area contributed by atoms with Crippen LogP contribution in [0.4, 0.5) is 4.79 Å². The molecule has 0 aliphatic heterocycles. The number of urea groups is 1. The molecule has 1 aliphatic carbocycles. The normalized spacial score (nSPS) is 27.5. The number of rotatable bonds is 1. The zero-order valence-corrected chi connectivity index (χ0v) is 9.14. The minimum Gasteiger partial charge on any atom is -0.351 e. The van der Waals surface area contributed by atoms with Gasteiger partial charge in [-0.15, -0.1) is 12.4 Å². The zero-order chi connectivity index (χ0) is 9.14. The highest BCUT2D eigenvalue weighted by molar-refractivity contribution is 5.85. The molecule has 0 aromatic rings. The van der Waals surface area contributed by atoms with Crippen LogP contribution in [0.1, 0.15) is 32.6 Å². The van der Waals surface area contributed by atoms with Gasteiger partial charge < -0.3 is 10.6 Å². The SMILES string of the molecule is CC1CCCCC1N(C)C(N)=O.Cl. The smallest absolute Gasteiger partial charge is 0.314 e. The van der Waals surface area contributed by atoms with Gasteiger partial charge >= 0.3 is 6.03 Å². The molecule has 3 nitrogen and oxygen atoms in total. The summed E-state index contributed by atoms with van der Waals surface area (Å²) in [5, 5.41) is 0. The molecule has 1 aliphatic rings. The Kier molecular flexibility index (Phi) is 5.14. The monoisotopic (exact) mass is 206 g/mol. The van der Waals surface area contributed by atoms with Crippen molar-refractivity contribution in [2.75, 3.05) is 7.05 Å². The second-order valence-corrected chi connectivity index (χ2v) is 3.78. The summed E-state index contributed by atoms with van der Waals surface area (Å²) in [5.41, 5.74) is 5.22. The number of primary amides is 1. The molecular weight excluding hydrogens is 188 g/mol. The summed E-state index contributed by atoms with van der Waals surface area (Å²) in [6.45, 7) is 2.20. The molecular formula is C9H19ClN2O. The van der Waals surface area contributed by atoms with Crippen LogP contribution in [0.15, 0.2) is 0 Å². The third-order valence-corrected chi connectivity index (χ3v) is 2.91. The maximum atomic E-state index is 10.9. The fourth-order valence-electron chi connectivity index (χ4n) is 2.04. The lowest BCUT2D eigenvalue weighted by Gasteiger charge is -2.35. The number of carbonyl (C=O) groups excluding carboxylic acids is 1. The molecule has 78 valence electrons. The highest BCUT2D eigenvalue weighted by Gasteiger charge is 2.26. The lowest BCUT2D eigenvalue weighted by Crippen LogP contribution is -2.45. The number of carbonyl (C=O) groups is 1. The molecule has 0 aromatic carbocycles. The number of amides is 2. The largest absolute Gasteiger partial charge is 0.351 e. The van der Waals surface area contributed by atoms with Gasteiger partial charge in [-0.2, -0.15) is 0 Å². The van der Waals surface area contributed by atoms with Crippen LogP contribution in [0, 0.1) is 5.92 Å². The van der Waals surface area contributed by atoms with E-state index in [1.807, 2.05) is 0 Å². The average molecular weight is 207 g/mol. The van der Waals surface area contributed by atoms with Crippen LogP contribution in [0.25, 0.3) is 0 Å². The number of hydrogen-bond acceptors (Lipinski definition) is 1. The predicted octanol–water partition coefficient (Wildman–Crippen LogP) is 2.00. The Morgan fingerprint density at radius 2 is 1.92 bits per heavy atom. The van der Waals surface area contributed by atoms with Crippen molar-refractivity contribution < 1.29 is 4.79 Å². The van der Waals surface area contributed by atoms with Gasteiger partial charge in [0, 0.05) is 13.1 Å². The Hall–Kier alpha value is -0.440. The van der Waals surface area contributed by atoms with Crippen molar-refractivity contribution in [1.82, 2.24) is 4.90 Å². The number of halogens is 1. The first kappa shape index (κ1) is 12.6. The van der Waals surface area contributed by atoms with Gasteiger partial charge in [0.05, 0.1) is 0 Å². The van der Waals surface area contributed by atoms with Gasteiger partial charge in [-0.3, -0.25) is 0 Å². The van der Waals surface area contributed by atoms with Gasteiger partial charge in [0.25, 0.3) is 0 Å². The second-order valence-electron chi connectivity index (χ2n) is 3.78. The van der Waals surface area contributed by atoms with Crippen LogP contribution in [-0.2, 0) is 0 Å². The Morgan fingerprint density at radius 3 is 2.38 bits per heavy atom. The van der Waals surface area contributed by atoms with E-state index in [9.17, 15) is 4.79 Å². The molecule has 2 amide bonds. The van der Waals surface area contributed by atoms with E-state index in [4.69, 9.17) is 5.73 Å². The van der Waals surface area contributed by atoms with Crippen molar-refractivity contribution >= 4 is 18.4 Å². The Bertz CT molecular complexity index is 175. The summed E-state index contributed by atoms with van der Waals surface area (Å²) >= 11 is 0. The number of hydrogen-bond donors (Lipinski definition) is 1. The van der Waals surface area contributed by atoms with Gasteiger partial charge in [-0.1, -0.05) is 19.8 Å². The van der Waals surface area contributed by atoms with E-state index in [1.54, 1.807) is 11.9 Å². The molecule has 0 spiro atoms. The minimum atomic E-state index is -0.297. The van der Waals surface area contributed by atoms with Crippen molar-refractivity contribution in [2.45, 2.75) is 38.6 Å². The van der Waals surface area contributed by atoms with Crippen molar-refractivity contribution in [3.8, 4) is 0 Å². The minimum absolute atomic E-state index is 0. The van der Waals surface area contributed by atoms with E-state index >= 15 is 0 Å². The third kappa shape index (κ3) is 3.07. The third-order valence-electron chi connectivity index (χ3n) is 2.91. The predicted molar refractivity (Wildman–Crippen MR) is 56.0 cm³/mol. The Morgan fingerprint density at radius 1 is 1.38 bits per heavy atom. The quantitative estimate of drug-likeness (QED) is 0.701. The Labute approximate surface area is 86.1 Å². The number of nitrogens with two attached hydrogens (primary N) is 1. The first-order valence-corrected chi connectivity index (χ1v) is 4.65. The van der Waals surface area contributed by atoms with Gasteiger partial charge in [0.2, 0.25) is 0 Å². The molecule has 0 bridgehead atoms. The van der Waals surface area contributed by atoms with Gasteiger partial charge in [0.1, 0.15) is 0 Å². The van der Waals surface area contributed by atoms with Crippen LogP contribution in [0.5, 0.6) is 0 Å². The molecule has 2 unspecified atom stereocenters. The summed E-state index contributed by atoms with van der Waals surface area (Å²) in [5.74, 6) is 0.608. The van der Waals surface area contributed by atoms with Crippen LogP contribution >= 0.6 is 12.4 Å². The summed E-state index contributed by atoms with van der Waals surface area (Å²) in [7, 11) is 1.80. The van der Waals surface area contributed by atoms with E-state index in [0.29, 0.717) is 12.0 Å². The van der Waals surface area contributed by atoms with Gasteiger partial charge in [-0.05, 0) is 18.8 Å². The molecule has 1 fully saturated rings. The maximum Gasteiger partial charge on any atom is 0.314 e. The lowest BCUT2D eigenvalue weighted by molar-refractivity contribution is 0.152. The van der Waals surface area contributed by atoms with E-state index in [0.717, 1.165) is 6.42 Å². The topological polar surface area (TPSA) is 46.3 Å². The molecule has 2 N–H and O–H groups in total. The van der Waals surface area contributed by atoms with Gasteiger partial charge in [0.15, 0.2) is 0 Å². The highest BCUT2D eigenvalue weighted by Crippen LogP contribution is 2.26. The first-order valence-electron chi connectivity index (χ1n) is 4.65. The Balaban J connectivity index is 0.00000144. The number of nitrogens with zero attached hydrogens (tertiary/aromatic N) is 1. The van der Waals surface area contributed by atoms with Crippen LogP contribution in [0.3, 0.4) is 0 Å². The summed E-state index contributed by atoms with van der Waals surface area (Å²) in [6, 6.07) is 0.0741. The van der Waals surface area contributed by atoms with E-state index in [-0.39, 0.29) is 18.4 Å². The van der Waals surface area contributed by atoms with Crippen molar-refractivity contribution in [3.63, 3.8) is 0 Å². The summed E-state index contributed by atoms with van der Waals surface area (Å²) < 4.78 is 0. The van der Waals surface area contributed by atoms with Crippen molar-refractivity contribution in [2.24, 2.45) is 11.7 Å². The molecule has 0 saturated heterocycles. The van der Waals surface area contributed by atoms with Crippen molar-refractivity contribution in [1.29, 1.82) is 0 Å². The molecule has 13 heavy (non-hydrogen) atoms. The highest BCUT2D eigenvalue weighted by atomic mass is 35.5. The average Bonchev–Trinajstić information content (AvgIpc) is 2.04. The maximum absolute atomic E-state index is 10.9. The van der Waals surface area contributed by atoms with Gasteiger partial charge in [-0.25, -0.2) is 4.79 Å². The van der Waals surface area contributed by atoms with Crippen LogP contribution in [0.2, 0.25) is 0 Å². The standard InChI is InChI=1S/C9H18N2O.ClH/c1-7-5-3-4-6-8(7)11(2)9(10)12;/h7-8H,3-6H2,1-2H3,(H2,10,12);1H. The van der Waals surface area contributed by atoms with Crippen LogP contribution in [-0.4, -0.2) is 24.0 Å². The second kappa shape index (κ2) is 5.32. The first-order chi connectivity index (χ1) is 5.63. The van der Waals surface area contributed by atoms with Crippen molar-refractivity contribution in [3.05, 3.63) is 0 Å². The molecule has 0 heterocycles. The van der Waals surface area contributed by atoms with E-state index < -0.39 is 0 Å². The molecule has 0 aromatic heterocycles. The molecule has 1 rings (SSSR count). The fourth-order valence-corrected chi connectivity index (χ4v) is 2.04. The molecule has 1 saturated carbocycles. The van der Waals surface area contributed by atoms with Crippen LogP contribution < -0.4 is 5.73 Å². The molecule has 2 atom stereocenters. The van der Waals surface area contributed by atoms with E-state index in [1.165, 1.54) is 19.3 Å². The summed E-state index contributed by atoms with van der Waals surface area (Å²) in [4.78, 5) is 12.6. The van der Waals surface area contributed by atoms with E-state index in [2.05, 4.69) is 6.92 Å².